The summed E-state index contributed by atoms with van der Waals surface area (Å²) in [5.74, 6) is 0.620. The van der Waals surface area contributed by atoms with Gasteiger partial charge in [-0.05, 0) is 31.5 Å². The Morgan fingerprint density at radius 2 is 1.95 bits per heavy atom. The summed E-state index contributed by atoms with van der Waals surface area (Å²) < 4.78 is 20.0. The number of hydrogen-bond acceptors (Lipinski definition) is 4. The van der Waals surface area contributed by atoms with Crippen molar-refractivity contribution in [3.8, 4) is 11.5 Å². The first-order valence-electron chi connectivity index (χ1n) is 6.13. The number of nitrogen functional groups attached to an aromatic ring is 1. The summed E-state index contributed by atoms with van der Waals surface area (Å²) in [5.41, 5.74) is 8.20. The number of hydrogen-bond donors (Lipinski definition) is 1. The summed E-state index contributed by atoms with van der Waals surface area (Å²) in [6.07, 6.45) is 0. The standard InChI is InChI=1S/C15H13FN2OS/c1-8-3-4-10(16)5-13(8)19-14-7-12-15(6-11(14)17)20-9(2)18-12/h3-7H,17H2,1-2H3. The number of aryl methyl sites for hydroxylation is 2. The summed E-state index contributed by atoms with van der Waals surface area (Å²) in [5, 5.41) is 0.971. The summed E-state index contributed by atoms with van der Waals surface area (Å²) in [6, 6.07) is 8.05. The van der Waals surface area contributed by atoms with Crippen LogP contribution in [-0.4, -0.2) is 4.98 Å². The molecule has 102 valence electrons. The monoisotopic (exact) mass is 288 g/mol. The minimum atomic E-state index is -0.338. The van der Waals surface area contributed by atoms with E-state index >= 15 is 0 Å². The van der Waals surface area contributed by atoms with Gasteiger partial charge in [0.2, 0.25) is 0 Å². The number of anilines is 1. The molecule has 5 heteroatoms. The molecule has 0 bridgehead atoms. The molecule has 0 radical (unpaired) electrons. The Hall–Kier alpha value is -2.14. The fraction of sp³-hybridized carbons (Fsp3) is 0.133. The van der Waals surface area contributed by atoms with E-state index in [1.807, 2.05) is 19.9 Å². The average molecular weight is 288 g/mol. The largest absolute Gasteiger partial charge is 0.455 e. The highest BCUT2D eigenvalue weighted by Gasteiger charge is 2.10. The second kappa shape index (κ2) is 4.76. The van der Waals surface area contributed by atoms with Gasteiger partial charge in [0.05, 0.1) is 20.9 Å². The molecule has 3 aromatic rings. The van der Waals surface area contributed by atoms with Crippen LogP contribution < -0.4 is 10.5 Å². The van der Waals surface area contributed by atoms with Crippen LogP contribution in [0.1, 0.15) is 10.6 Å². The maximum atomic E-state index is 13.3. The maximum absolute atomic E-state index is 13.3. The van der Waals surface area contributed by atoms with Crippen molar-refractivity contribution >= 4 is 27.2 Å². The number of aromatic nitrogens is 1. The van der Waals surface area contributed by atoms with Crippen molar-refractivity contribution in [2.24, 2.45) is 0 Å². The quantitative estimate of drug-likeness (QED) is 0.710. The molecule has 0 fully saturated rings. The molecule has 3 nitrogen and oxygen atoms in total. The number of nitrogens with zero attached hydrogens (tertiary/aromatic N) is 1. The van der Waals surface area contributed by atoms with Crippen LogP contribution in [0.5, 0.6) is 11.5 Å². The molecule has 0 unspecified atom stereocenters. The Bertz CT molecular complexity index is 798. The minimum Gasteiger partial charge on any atom is -0.455 e. The van der Waals surface area contributed by atoms with Gasteiger partial charge in [0.1, 0.15) is 11.6 Å². The van der Waals surface area contributed by atoms with E-state index in [-0.39, 0.29) is 5.82 Å². The van der Waals surface area contributed by atoms with Gasteiger partial charge in [-0.3, -0.25) is 0 Å². The van der Waals surface area contributed by atoms with E-state index in [2.05, 4.69) is 4.98 Å². The van der Waals surface area contributed by atoms with Gasteiger partial charge < -0.3 is 10.5 Å². The van der Waals surface area contributed by atoms with Crippen LogP contribution in [0.25, 0.3) is 10.2 Å². The Balaban J connectivity index is 2.05. The number of fused-ring (bicyclic) bond motifs is 1. The van der Waals surface area contributed by atoms with E-state index in [0.29, 0.717) is 17.2 Å². The molecule has 0 amide bonds. The molecule has 0 spiro atoms. The van der Waals surface area contributed by atoms with Crippen LogP contribution in [0.15, 0.2) is 30.3 Å². The molecule has 0 aliphatic rings. The van der Waals surface area contributed by atoms with E-state index in [4.69, 9.17) is 10.5 Å². The summed E-state index contributed by atoms with van der Waals surface area (Å²) in [6.45, 7) is 3.80. The Morgan fingerprint density at radius 1 is 1.15 bits per heavy atom. The zero-order chi connectivity index (χ0) is 14.3. The first-order valence-corrected chi connectivity index (χ1v) is 6.95. The molecular weight excluding hydrogens is 275 g/mol. The number of rotatable bonds is 2. The van der Waals surface area contributed by atoms with Crippen molar-refractivity contribution in [3.05, 3.63) is 46.7 Å². The van der Waals surface area contributed by atoms with E-state index in [0.717, 1.165) is 20.8 Å². The van der Waals surface area contributed by atoms with Gasteiger partial charge in [-0.2, -0.15) is 0 Å². The third-order valence-electron chi connectivity index (χ3n) is 3.00. The number of benzene rings is 2. The van der Waals surface area contributed by atoms with Gasteiger partial charge in [-0.15, -0.1) is 11.3 Å². The fourth-order valence-corrected chi connectivity index (χ4v) is 2.83. The van der Waals surface area contributed by atoms with Crippen molar-refractivity contribution in [2.45, 2.75) is 13.8 Å². The molecule has 0 atom stereocenters. The van der Waals surface area contributed by atoms with Gasteiger partial charge in [-0.25, -0.2) is 9.37 Å². The smallest absolute Gasteiger partial charge is 0.152 e. The normalized spacial score (nSPS) is 10.9. The first-order chi connectivity index (χ1) is 9.52. The Labute approximate surface area is 119 Å². The lowest BCUT2D eigenvalue weighted by atomic mass is 10.2. The van der Waals surface area contributed by atoms with Gasteiger partial charge in [-0.1, -0.05) is 6.07 Å². The lowest BCUT2D eigenvalue weighted by Gasteiger charge is -2.10. The SMILES string of the molecule is Cc1nc2cc(Oc3cc(F)ccc3C)c(N)cc2s1. The number of ether oxygens (including phenoxy) is 1. The van der Waals surface area contributed by atoms with E-state index in [1.165, 1.54) is 12.1 Å². The number of thiazole rings is 1. The first kappa shape index (κ1) is 12.9. The molecule has 2 N–H and O–H groups in total. The van der Waals surface area contributed by atoms with Gasteiger partial charge in [0, 0.05) is 12.1 Å². The van der Waals surface area contributed by atoms with Gasteiger partial charge >= 0.3 is 0 Å². The molecule has 1 aromatic heterocycles. The van der Waals surface area contributed by atoms with E-state index < -0.39 is 0 Å². The second-order valence-electron chi connectivity index (χ2n) is 4.60. The van der Waals surface area contributed by atoms with Crippen molar-refractivity contribution in [2.75, 3.05) is 5.73 Å². The van der Waals surface area contributed by atoms with Gasteiger partial charge in [0.15, 0.2) is 5.75 Å². The third-order valence-corrected chi connectivity index (χ3v) is 3.93. The van der Waals surface area contributed by atoms with E-state index in [9.17, 15) is 4.39 Å². The van der Waals surface area contributed by atoms with Crippen molar-refractivity contribution in [3.63, 3.8) is 0 Å². The summed E-state index contributed by atoms with van der Waals surface area (Å²) in [7, 11) is 0. The van der Waals surface area contributed by atoms with Crippen LogP contribution in [0.3, 0.4) is 0 Å². The maximum Gasteiger partial charge on any atom is 0.152 e. The number of halogens is 1. The van der Waals surface area contributed by atoms with Crippen molar-refractivity contribution in [1.82, 2.24) is 4.98 Å². The molecule has 0 saturated carbocycles. The molecule has 20 heavy (non-hydrogen) atoms. The minimum absolute atomic E-state index is 0.338. The highest BCUT2D eigenvalue weighted by atomic mass is 32.1. The molecule has 3 rings (SSSR count). The zero-order valence-electron chi connectivity index (χ0n) is 11.1. The second-order valence-corrected chi connectivity index (χ2v) is 5.84. The van der Waals surface area contributed by atoms with Crippen LogP contribution in [0.2, 0.25) is 0 Å². The number of nitrogens with two attached hydrogens (primary N) is 1. The molecule has 0 aliphatic carbocycles. The Morgan fingerprint density at radius 3 is 2.75 bits per heavy atom. The topological polar surface area (TPSA) is 48.1 Å². The highest BCUT2D eigenvalue weighted by molar-refractivity contribution is 7.18. The van der Waals surface area contributed by atoms with Gasteiger partial charge in [0.25, 0.3) is 0 Å². The van der Waals surface area contributed by atoms with E-state index in [1.54, 1.807) is 23.5 Å². The third kappa shape index (κ3) is 2.32. The molecule has 0 aliphatic heterocycles. The lowest BCUT2D eigenvalue weighted by Crippen LogP contribution is -1.94. The Kier molecular flexibility index (Phi) is 3.06. The van der Waals surface area contributed by atoms with Crippen LogP contribution in [-0.2, 0) is 0 Å². The zero-order valence-corrected chi connectivity index (χ0v) is 11.9. The molecule has 2 aromatic carbocycles. The fourth-order valence-electron chi connectivity index (χ4n) is 1.98. The summed E-state index contributed by atoms with van der Waals surface area (Å²) >= 11 is 1.58. The van der Waals surface area contributed by atoms with Crippen LogP contribution in [0, 0.1) is 19.7 Å². The summed E-state index contributed by atoms with van der Waals surface area (Å²) in [4.78, 5) is 4.41. The molecule has 1 heterocycles. The molecular formula is C15H13FN2OS. The van der Waals surface area contributed by atoms with Crippen LogP contribution >= 0.6 is 11.3 Å². The average Bonchev–Trinajstić information content (AvgIpc) is 2.73. The predicted molar refractivity (Wildman–Crippen MR) is 80.0 cm³/mol. The van der Waals surface area contributed by atoms with Crippen molar-refractivity contribution < 1.29 is 9.13 Å². The predicted octanol–water partition coefficient (Wildman–Crippen LogP) is 4.43. The lowest BCUT2D eigenvalue weighted by molar-refractivity contribution is 0.476. The highest BCUT2D eigenvalue weighted by Crippen LogP contribution is 2.35. The van der Waals surface area contributed by atoms with Crippen molar-refractivity contribution in [1.29, 1.82) is 0 Å². The van der Waals surface area contributed by atoms with Crippen LogP contribution in [0.4, 0.5) is 10.1 Å². The molecule has 0 saturated heterocycles.